The number of hydrogen-bond acceptors (Lipinski definition) is 3. The smallest absolute Gasteiger partial charge is 0.320 e. The monoisotopic (exact) mass is 295 g/mol. The zero-order valence-corrected chi connectivity index (χ0v) is 13.2. The fraction of sp³-hybridized carbons (Fsp3) is 0.941. The predicted molar refractivity (Wildman–Crippen MR) is 81.3 cm³/mol. The molecule has 4 nitrogen and oxygen atoms in total. The van der Waals surface area contributed by atoms with E-state index in [2.05, 4.69) is 11.8 Å². The van der Waals surface area contributed by atoms with Crippen LogP contribution in [0, 0.1) is 5.92 Å². The van der Waals surface area contributed by atoms with E-state index in [0.717, 1.165) is 38.8 Å². The molecular weight excluding hydrogens is 266 g/mol. The van der Waals surface area contributed by atoms with Gasteiger partial charge in [-0.1, -0.05) is 26.2 Å². The third kappa shape index (κ3) is 3.26. The highest BCUT2D eigenvalue weighted by Crippen LogP contribution is 2.43. The van der Waals surface area contributed by atoms with Gasteiger partial charge in [-0.05, 0) is 51.0 Å². The zero-order chi connectivity index (χ0) is 14.9. The summed E-state index contributed by atoms with van der Waals surface area (Å²) in [5.41, 5.74) is 0.158. The van der Waals surface area contributed by atoms with E-state index in [1.807, 2.05) is 0 Å². The van der Waals surface area contributed by atoms with Crippen molar-refractivity contribution in [2.45, 2.75) is 82.5 Å². The molecule has 1 saturated carbocycles. The molecule has 1 N–H and O–H groups in total. The van der Waals surface area contributed by atoms with Crippen molar-refractivity contribution in [3.63, 3.8) is 0 Å². The number of aliphatic carboxylic acids is 1. The van der Waals surface area contributed by atoms with Crippen molar-refractivity contribution >= 4 is 5.97 Å². The fourth-order valence-corrected chi connectivity index (χ4v) is 4.61. The first-order valence-electron chi connectivity index (χ1n) is 8.76. The van der Waals surface area contributed by atoms with E-state index in [1.165, 1.54) is 32.1 Å². The van der Waals surface area contributed by atoms with Gasteiger partial charge in [0.05, 0.1) is 11.7 Å². The summed E-state index contributed by atoms with van der Waals surface area (Å²) >= 11 is 0. The third-order valence-corrected chi connectivity index (χ3v) is 5.98. The van der Waals surface area contributed by atoms with Gasteiger partial charge in [0.2, 0.25) is 0 Å². The summed E-state index contributed by atoms with van der Waals surface area (Å²) in [5, 5.41) is 9.52. The van der Waals surface area contributed by atoms with Crippen molar-refractivity contribution < 1.29 is 14.6 Å². The van der Waals surface area contributed by atoms with E-state index in [-0.39, 0.29) is 17.7 Å². The maximum Gasteiger partial charge on any atom is 0.320 e. The van der Waals surface area contributed by atoms with Gasteiger partial charge in [0.15, 0.2) is 0 Å². The van der Waals surface area contributed by atoms with E-state index in [9.17, 15) is 9.90 Å². The lowest BCUT2D eigenvalue weighted by Crippen LogP contribution is -2.50. The van der Waals surface area contributed by atoms with Gasteiger partial charge in [-0.25, -0.2) is 0 Å². The van der Waals surface area contributed by atoms with Crippen LogP contribution < -0.4 is 0 Å². The van der Waals surface area contributed by atoms with Crippen molar-refractivity contribution in [2.24, 2.45) is 5.92 Å². The summed E-state index contributed by atoms with van der Waals surface area (Å²) in [6, 6.07) is -0.299. The van der Waals surface area contributed by atoms with Gasteiger partial charge >= 0.3 is 5.97 Å². The van der Waals surface area contributed by atoms with Crippen LogP contribution in [0.5, 0.6) is 0 Å². The number of likely N-dealkylation sites (tertiary alicyclic amines) is 1. The molecule has 0 amide bonds. The van der Waals surface area contributed by atoms with E-state index in [4.69, 9.17) is 4.74 Å². The summed E-state index contributed by atoms with van der Waals surface area (Å²) in [6.07, 6.45) is 10.6. The highest BCUT2D eigenvalue weighted by atomic mass is 16.5. The van der Waals surface area contributed by atoms with Crippen molar-refractivity contribution in [1.82, 2.24) is 4.90 Å². The molecule has 0 aromatic heterocycles. The lowest BCUT2D eigenvalue weighted by Gasteiger charge is -2.38. The Bertz CT molecular complexity index is 378. The molecule has 2 saturated heterocycles. The molecule has 0 bridgehead atoms. The molecule has 120 valence electrons. The van der Waals surface area contributed by atoms with Crippen molar-refractivity contribution in [2.75, 3.05) is 13.1 Å². The summed E-state index contributed by atoms with van der Waals surface area (Å²) in [4.78, 5) is 13.7. The van der Waals surface area contributed by atoms with Crippen molar-refractivity contribution in [3.05, 3.63) is 0 Å². The lowest BCUT2D eigenvalue weighted by molar-refractivity contribution is -0.146. The molecular formula is C17H29NO3. The van der Waals surface area contributed by atoms with Crippen LogP contribution in [0.15, 0.2) is 0 Å². The number of ether oxygens (including phenoxy) is 1. The number of carbonyl (C=O) groups is 1. The molecule has 1 spiro atoms. The summed E-state index contributed by atoms with van der Waals surface area (Å²) in [5.74, 6) is -0.0743. The Morgan fingerprint density at radius 3 is 2.71 bits per heavy atom. The summed E-state index contributed by atoms with van der Waals surface area (Å²) < 4.78 is 6.36. The highest BCUT2D eigenvalue weighted by molar-refractivity contribution is 5.73. The second-order valence-corrected chi connectivity index (χ2v) is 7.32. The Balaban J connectivity index is 1.57. The first-order valence-corrected chi connectivity index (χ1v) is 8.76. The second-order valence-electron chi connectivity index (χ2n) is 7.32. The van der Waals surface area contributed by atoms with Crippen LogP contribution in [-0.2, 0) is 9.53 Å². The largest absolute Gasteiger partial charge is 0.480 e. The van der Waals surface area contributed by atoms with Crippen LogP contribution in [0.1, 0.15) is 64.7 Å². The number of hydrogen-bond donors (Lipinski definition) is 1. The maximum atomic E-state index is 11.6. The molecule has 3 aliphatic rings. The molecule has 3 atom stereocenters. The van der Waals surface area contributed by atoms with Crippen molar-refractivity contribution in [1.29, 1.82) is 0 Å². The number of carboxylic acid groups (broad SMARTS) is 1. The van der Waals surface area contributed by atoms with Gasteiger partial charge in [0.25, 0.3) is 0 Å². The van der Waals surface area contributed by atoms with Gasteiger partial charge < -0.3 is 9.84 Å². The Hall–Kier alpha value is -0.610. The third-order valence-electron chi connectivity index (χ3n) is 5.98. The first kappa shape index (κ1) is 15.3. The molecule has 4 heteroatoms. The van der Waals surface area contributed by atoms with E-state index in [1.54, 1.807) is 0 Å². The van der Waals surface area contributed by atoms with Gasteiger partial charge in [-0.15, -0.1) is 0 Å². The Morgan fingerprint density at radius 2 is 2.05 bits per heavy atom. The number of carboxylic acids is 1. The quantitative estimate of drug-likeness (QED) is 0.866. The Kier molecular flexibility index (Phi) is 4.55. The van der Waals surface area contributed by atoms with Crippen LogP contribution in [-0.4, -0.2) is 46.8 Å². The van der Waals surface area contributed by atoms with Gasteiger partial charge in [0.1, 0.15) is 6.04 Å². The molecule has 0 aromatic carbocycles. The average molecular weight is 295 g/mol. The molecule has 21 heavy (non-hydrogen) atoms. The van der Waals surface area contributed by atoms with E-state index >= 15 is 0 Å². The highest BCUT2D eigenvalue weighted by Gasteiger charge is 2.43. The minimum Gasteiger partial charge on any atom is -0.480 e. The Morgan fingerprint density at radius 1 is 1.29 bits per heavy atom. The minimum atomic E-state index is -0.651. The maximum absolute atomic E-state index is 11.6. The lowest BCUT2D eigenvalue weighted by atomic mass is 9.88. The van der Waals surface area contributed by atoms with E-state index < -0.39 is 5.97 Å². The average Bonchev–Trinajstić information content (AvgIpc) is 3.10. The second kappa shape index (κ2) is 6.25. The van der Waals surface area contributed by atoms with Crippen LogP contribution in [0.4, 0.5) is 0 Å². The SMILES string of the molecule is CCC1CCN(CC2CCC3(CCCC3)O2)C(C(=O)O)C1. The predicted octanol–water partition coefficient (Wildman–Crippen LogP) is 3.05. The van der Waals surface area contributed by atoms with Crippen LogP contribution in [0.25, 0.3) is 0 Å². The molecule has 0 radical (unpaired) electrons. The van der Waals surface area contributed by atoms with Gasteiger partial charge in [-0.2, -0.15) is 0 Å². The topological polar surface area (TPSA) is 49.8 Å². The number of rotatable bonds is 4. The molecule has 3 rings (SSSR count). The Labute approximate surface area is 127 Å². The molecule has 2 heterocycles. The summed E-state index contributed by atoms with van der Waals surface area (Å²) in [7, 11) is 0. The van der Waals surface area contributed by atoms with Crippen LogP contribution in [0.3, 0.4) is 0 Å². The molecule has 3 fully saturated rings. The minimum absolute atomic E-state index is 0.158. The molecule has 0 aromatic rings. The van der Waals surface area contributed by atoms with Crippen molar-refractivity contribution in [3.8, 4) is 0 Å². The molecule has 1 aliphatic carbocycles. The standard InChI is InChI=1S/C17H29NO3/c1-2-13-6-10-18(15(11-13)16(19)20)12-14-5-9-17(21-14)7-3-4-8-17/h13-15H,2-12H2,1H3,(H,19,20). The number of piperidine rings is 1. The fourth-order valence-electron chi connectivity index (χ4n) is 4.61. The zero-order valence-electron chi connectivity index (χ0n) is 13.2. The van der Waals surface area contributed by atoms with E-state index in [0.29, 0.717) is 5.92 Å². The van der Waals surface area contributed by atoms with Crippen LogP contribution in [0.2, 0.25) is 0 Å². The first-order chi connectivity index (χ1) is 10.1. The molecule has 2 aliphatic heterocycles. The normalized spacial score (nSPS) is 36.3. The van der Waals surface area contributed by atoms with Gasteiger partial charge in [-0.3, -0.25) is 9.69 Å². The molecule has 3 unspecified atom stereocenters. The van der Waals surface area contributed by atoms with Crippen LogP contribution >= 0.6 is 0 Å². The number of nitrogens with zero attached hydrogens (tertiary/aromatic N) is 1. The van der Waals surface area contributed by atoms with Gasteiger partial charge in [0, 0.05) is 6.54 Å². The summed E-state index contributed by atoms with van der Waals surface area (Å²) in [6.45, 7) is 3.90.